The zero-order valence-corrected chi connectivity index (χ0v) is 23.6. The van der Waals surface area contributed by atoms with Crippen LogP contribution in [-0.4, -0.2) is 25.8 Å². The normalized spacial score (nSPS) is 12.8. The minimum atomic E-state index is -0.547. The van der Waals surface area contributed by atoms with E-state index in [1.54, 1.807) is 25.3 Å². The van der Waals surface area contributed by atoms with Crippen LogP contribution >= 0.6 is 0 Å². The molecule has 0 saturated carbocycles. The molecule has 0 aromatic heterocycles. The Kier molecular flexibility index (Phi) is 10.3. The highest BCUT2D eigenvalue weighted by molar-refractivity contribution is 5.88. The van der Waals surface area contributed by atoms with E-state index in [1.165, 1.54) is 6.08 Å². The Morgan fingerprint density at radius 2 is 1.33 bits per heavy atom. The number of benzene rings is 3. The third-order valence-corrected chi connectivity index (χ3v) is 6.78. The largest absolute Gasteiger partial charge is 0.497 e. The number of hydrogen-bond donors (Lipinski definition) is 0. The molecule has 0 fully saturated rings. The molecule has 0 saturated heterocycles. The van der Waals surface area contributed by atoms with E-state index in [4.69, 9.17) is 18.9 Å². The highest BCUT2D eigenvalue weighted by atomic mass is 16.7. The molecule has 0 aliphatic rings. The molecule has 6 heteroatoms. The minimum absolute atomic E-state index is 0.133. The van der Waals surface area contributed by atoms with E-state index >= 15 is 0 Å². The molecule has 0 heterocycles. The fourth-order valence-corrected chi connectivity index (χ4v) is 4.21. The molecule has 0 amide bonds. The van der Waals surface area contributed by atoms with Crippen molar-refractivity contribution < 1.29 is 28.5 Å². The van der Waals surface area contributed by atoms with Gasteiger partial charge in [-0.15, -0.1) is 0 Å². The summed E-state index contributed by atoms with van der Waals surface area (Å²) in [6.07, 6.45) is 3.84. The Morgan fingerprint density at radius 1 is 0.795 bits per heavy atom. The molecule has 0 spiro atoms. The Hall–Kier alpha value is -4.06. The second kappa shape index (κ2) is 13.7. The quantitative estimate of drug-likeness (QED) is 0.104. The van der Waals surface area contributed by atoms with Gasteiger partial charge in [0.25, 0.3) is 0 Å². The molecule has 6 nitrogen and oxygen atoms in total. The summed E-state index contributed by atoms with van der Waals surface area (Å²) >= 11 is 0. The molecular weight excluding hydrogens is 492 g/mol. The van der Waals surface area contributed by atoms with Crippen molar-refractivity contribution in [3.8, 4) is 28.4 Å². The molecule has 3 rings (SSSR count). The van der Waals surface area contributed by atoms with Crippen molar-refractivity contribution in [1.82, 2.24) is 0 Å². The molecule has 0 aliphatic carbocycles. The SMILES string of the molecule is COc1ccc(/C=C/C(=O)Oc2ccc(-c3ccc(OCOC(=O)C(C)(CC(C)C)C(C)C)cc3)cc2)cc1. The van der Waals surface area contributed by atoms with Gasteiger partial charge in [0.05, 0.1) is 12.5 Å². The Morgan fingerprint density at radius 3 is 1.85 bits per heavy atom. The van der Waals surface area contributed by atoms with E-state index in [0.29, 0.717) is 17.4 Å². The smallest absolute Gasteiger partial charge is 0.336 e. The maximum atomic E-state index is 12.7. The Balaban J connectivity index is 1.51. The van der Waals surface area contributed by atoms with Crippen molar-refractivity contribution in [2.24, 2.45) is 17.3 Å². The van der Waals surface area contributed by atoms with E-state index in [0.717, 1.165) is 28.9 Å². The third-order valence-electron chi connectivity index (χ3n) is 6.78. The van der Waals surface area contributed by atoms with Gasteiger partial charge in [0.15, 0.2) is 0 Å². The number of carbonyl (C=O) groups excluding carboxylic acids is 2. The van der Waals surface area contributed by atoms with Gasteiger partial charge in [-0.05, 0) is 84.3 Å². The topological polar surface area (TPSA) is 71.1 Å². The zero-order valence-electron chi connectivity index (χ0n) is 23.6. The lowest BCUT2D eigenvalue weighted by molar-refractivity contribution is -0.165. The highest BCUT2D eigenvalue weighted by Gasteiger charge is 2.38. The van der Waals surface area contributed by atoms with Crippen LogP contribution < -0.4 is 14.2 Å². The van der Waals surface area contributed by atoms with Crippen molar-refractivity contribution in [2.45, 2.75) is 41.0 Å². The van der Waals surface area contributed by atoms with Crippen LogP contribution in [0.5, 0.6) is 17.2 Å². The van der Waals surface area contributed by atoms with Gasteiger partial charge in [-0.25, -0.2) is 4.79 Å². The van der Waals surface area contributed by atoms with Gasteiger partial charge < -0.3 is 18.9 Å². The van der Waals surface area contributed by atoms with E-state index in [-0.39, 0.29) is 18.7 Å². The predicted molar refractivity (Wildman–Crippen MR) is 154 cm³/mol. The summed E-state index contributed by atoms with van der Waals surface area (Å²) in [5.41, 5.74) is 2.26. The van der Waals surface area contributed by atoms with Crippen molar-refractivity contribution in [3.05, 3.63) is 84.4 Å². The molecule has 3 aromatic rings. The number of hydrogen-bond acceptors (Lipinski definition) is 6. The number of methoxy groups -OCH3 is 1. The van der Waals surface area contributed by atoms with Crippen LogP contribution in [-0.2, 0) is 14.3 Å². The van der Waals surface area contributed by atoms with Gasteiger partial charge in [-0.2, -0.15) is 0 Å². The first-order valence-electron chi connectivity index (χ1n) is 13.1. The van der Waals surface area contributed by atoms with Gasteiger partial charge in [0.2, 0.25) is 6.79 Å². The second-order valence-corrected chi connectivity index (χ2v) is 10.4. The third kappa shape index (κ3) is 8.47. The van der Waals surface area contributed by atoms with Gasteiger partial charge >= 0.3 is 11.9 Å². The van der Waals surface area contributed by atoms with Crippen molar-refractivity contribution in [3.63, 3.8) is 0 Å². The average Bonchev–Trinajstić information content (AvgIpc) is 2.92. The standard InChI is InChI=1S/C33H38O6/c1-23(2)21-33(5,24(3)4)32(35)38-22-37-29-16-10-26(11-17-29)27-12-18-30(19-13-27)39-31(34)20-9-25-7-14-28(36-6)15-8-25/h7-20,23-24H,21-22H2,1-6H3/b20-9+. The monoisotopic (exact) mass is 530 g/mol. The number of carbonyl (C=O) groups is 2. The van der Waals surface area contributed by atoms with Crippen LogP contribution in [0.15, 0.2) is 78.9 Å². The summed E-state index contributed by atoms with van der Waals surface area (Å²) in [4.78, 5) is 24.9. The first-order chi connectivity index (χ1) is 18.6. The summed E-state index contributed by atoms with van der Waals surface area (Å²) in [6, 6.07) is 22.1. The fraction of sp³-hybridized carbons (Fsp3) is 0.333. The minimum Gasteiger partial charge on any atom is -0.497 e. The molecule has 1 atom stereocenters. The van der Waals surface area contributed by atoms with Crippen LogP contribution in [0.4, 0.5) is 0 Å². The van der Waals surface area contributed by atoms with Crippen LogP contribution in [0.25, 0.3) is 17.2 Å². The first-order valence-corrected chi connectivity index (χ1v) is 13.1. The molecule has 3 aromatic carbocycles. The van der Waals surface area contributed by atoms with Crippen molar-refractivity contribution in [2.75, 3.05) is 13.9 Å². The van der Waals surface area contributed by atoms with Gasteiger partial charge in [0, 0.05) is 6.08 Å². The Labute approximate surface area is 231 Å². The van der Waals surface area contributed by atoms with E-state index in [2.05, 4.69) is 13.8 Å². The summed E-state index contributed by atoms with van der Waals surface area (Å²) in [7, 11) is 1.61. The average molecular weight is 531 g/mol. The molecule has 0 N–H and O–H groups in total. The summed E-state index contributed by atoms with van der Waals surface area (Å²) < 4.78 is 21.7. The summed E-state index contributed by atoms with van der Waals surface area (Å²) in [5.74, 6) is 1.67. The van der Waals surface area contributed by atoms with Crippen LogP contribution in [0.2, 0.25) is 0 Å². The van der Waals surface area contributed by atoms with Crippen molar-refractivity contribution >= 4 is 18.0 Å². The molecule has 1 unspecified atom stereocenters. The van der Waals surface area contributed by atoms with E-state index in [9.17, 15) is 9.59 Å². The first kappa shape index (κ1) is 29.5. The molecule has 0 aliphatic heterocycles. The van der Waals surface area contributed by atoms with Crippen LogP contribution in [0.3, 0.4) is 0 Å². The molecule has 206 valence electrons. The maximum Gasteiger partial charge on any atom is 0.336 e. The number of ether oxygens (including phenoxy) is 4. The molecule has 39 heavy (non-hydrogen) atoms. The lowest BCUT2D eigenvalue weighted by Gasteiger charge is -2.32. The zero-order chi connectivity index (χ0) is 28.4. The highest BCUT2D eigenvalue weighted by Crippen LogP contribution is 2.35. The van der Waals surface area contributed by atoms with Gasteiger partial charge in [0.1, 0.15) is 17.2 Å². The van der Waals surface area contributed by atoms with Crippen LogP contribution in [0.1, 0.15) is 46.6 Å². The van der Waals surface area contributed by atoms with Gasteiger partial charge in [-0.1, -0.05) is 64.1 Å². The fourth-order valence-electron chi connectivity index (χ4n) is 4.21. The van der Waals surface area contributed by atoms with Gasteiger partial charge in [-0.3, -0.25) is 4.79 Å². The van der Waals surface area contributed by atoms with E-state index in [1.807, 2.05) is 81.4 Å². The van der Waals surface area contributed by atoms with E-state index < -0.39 is 11.4 Å². The van der Waals surface area contributed by atoms with Crippen LogP contribution in [0, 0.1) is 17.3 Å². The Bertz CT molecular complexity index is 1240. The maximum absolute atomic E-state index is 12.7. The number of rotatable bonds is 12. The lowest BCUT2D eigenvalue weighted by atomic mass is 9.73. The summed E-state index contributed by atoms with van der Waals surface area (Å²) in [6.45, 7) is 10.1. The number of esters is 2. The predicted octanol–water partition coefficient (Wildman–Crippen LogP) is 7.57. The lowest BCUT2D eigenvalue weighted by Crippen LogP contribution is -2.37. The molecule has 0 bridgehead atoms. The second-order valence-electron chi connectivity index (χ2n) is 10.4. The summed E-state index contributed by atoms with van der Waals surface area (Å²) in [5, 5.41) is 0. The molecule has 0 radical (unpaired) electrons. The molecular formula is C33H38O6. The van der Waals surface area contributed by atoms with Crippen molar-refractivity contribution in [1.29, 1.82) is 0 Å².